The highest BCUT2D eigenvalue weighted by Crippen LogP contribution is 2.51. The van der Waals surface area contributed by atoms with Crippen molar-refractivity contribution in [3.8, 4) is 0 Å². The summed E-state index contributed by atoms with van der Waals surface area (Å²) >= 11 is 0. The molecule has 2 aliphatic carbocycles. The van der Waals surface area contributed by atoms with Crippen LogP contribution in [0.25, 0.3) is 0 Å². The van der Waals surface area contributed by atoms with Crippen molar-refractivity contribution in [3.05, 3.63) is 64.1 Å². The Labute approximate surface area is 215 Å². The summed E-state index contributed by atoms with van der Waals surface area (Å²) in [6, 6.07) is 2.59. The number of nitrogens with zero attached hydrogens (tertiary/aromatic N) is 4. The second-order valence-electron chi connectivity index (χ2n) is 10.8. The Morgan fingerprint density at radius 3 is 2.46 bits per heavy atom. The van der Waals surface area contributed by atoms with Gasteiger partial charge >= 0.3 is 0 Å². The molecule has 3 aromatic heterocycles. The van der Waals surface area contributed by atoms with Crippen LogP contribution in [0.1, 0.15) is 80.2 Å². The summed E-state index contributed by atoms with van der Waals surface area (Å²) in [5, 5.41) is 14.7. The monoisotopic (exact) mass is 505 g/mol. The van der Waals surface area contributed by atoms with Gasteiger partial charge in [0.25, 0.3) is 11.5 Å². The van der Waals surface area contributed by atoms with Gasteiger partial charge in [0, 0.05) is 30.2 Å². The molecule has 3 N–H and O–H groups in total. The maximum absolute atomic E-state index is 13.6. The fourth-order valence-corrected chi connectivity index (χ4v) is 5.25. The molecular formula is C27H35N7O3. The van der Waals surface area contributed by atoms with Gasteiger partial charge < -0.3 is 15.6 Å². The molecule has 5 rings (SSSR count). The molecule has 1 unspecified atom stereocenters. The molecule has 0 spiro atoms. The summed E-state index contributed by atoms with van der Waals surface area (Å²) in [7, 11) is 0. The first-order valence-corrected chi connectivity index (χ1v) is 13.1. The zero-order valence-electron chi connectivity index (χ0n) is 21.8. The van der Waals surface area contributed by atoms with Crippen LogP contribution >= 0.6 is 0 Å². The minimum absolute atomic E-state index is 0.0270. The number of aromatic amines is 1. The van der Waals surface area contributed by atoms with Gasteiger partial charge in [0.05, 0.1) is 17.9 Å². The molecular weight excluding hydrogens is 470 g/mol. The fraction of sp³-hybridized carbons (Fsp3) is 0.519. The Kier molecular flexibility index (Phi) is 6.74. The van der Waals surface area contributed by atoms with Crippen LogP contribution in [0.3, 0.4) is 0 Å². The molecule has 3 aromatic rings. The maximum atomic E-state index is 13.6. The highest BCUT2D eigenvalue weighted by molar-refractivity contribution is 6.00. The average molecular weight is 506 g/mol. The molecule has 3 heterocycles. The second kappa shape index (κ2) is 9.99. The SMILES string of the molecule is Cc1c[nH]c(=O)c(C(C)n2cc(NC(=O)[C@@H](NC(=O)c3ccnn3C(C)C)C(C3CC3)C3CC3)cn2)c1. The second-order valence-corrected chi connectivity index (χ2v) is 10.8. The molecule has 0 radical (unpaired) electrons. The quantitative estimate of drug-likeness (QED) is 0.389. The lowest BCUT2D eigenvalue weighted by atomic mass is 9.88. The van der Waals surface area contributed by atoms with Crippen LogP contribution in [0.2, 0.25) is 0 Å². The summed E-state index contributed by atoms with van der Waals surface area (Å²) in [6.45, 7) is 7.74. The van der Waals surface area contributed by atoms with Gasteiger partial charge in [-0.3, -0.25) is 23.7 Å². The standard InChI is InChI=1S/C27H35N7O3/c1-15(2)34-22(9-10-29-34)26(36)32-24(23(18-5-6-18)19-7-8-19)27(37)31-20-13-30-33(14-20)17(4)21-11-16(3)12-28-25(21)35/h9-15,17-19,23-24H,5-8H2,1-4H3,(H,28,35)(H,31,37)(H,32,36)/t17?,24-/m0/s1. The first-order chi connectivity index (χ1) is 17.7. The Morgan fingerprint density at radius 2 is 1.81 bits per heavy atom. The third kappa shape index (κ3) is 5.38. The summed E-state index contributed by atoms with van der Waals surface area (Å²) < 4.78 is 3.33. The van der Waals surface area contributed by atoms with Gasteiger partial charge in [-0.1, -0.05) is 0 Å². The van der Waals surface area contributed by atoms with Gasteiger partial charge in [0.1, 0.15) is 11.7 Å². The van der Waals surface area contributed by atoms with E-state index in [-0.39, 0.29) is 35.4 Å². The molecule has 0 saturated heterocycles. The molecule has 10 nitrogen and oxygen atoms in total. The topological polar surface area (TPSA) is 127 Å². The molecule has 0 bridgehead atoms. The van der Waals surface area contributed by atoms with Crippen molar-refractivity contribution < 1.29 is 9.59 Å². The van der Waals surface area contributed by atoms with E-state index in [0.717, 1.165) is 31.2 Å². The number of H-pyrrole nitrogens is 1. The van der Waals surface area contributed by atoms with E-state index in [4.69, 9.17) is 0 Å². The molecule has 2 saturated carbocycles. The van der Waals surface area contributed by atoms with Crippen LogP contribution in [-0.4, -0.2) is 42.4 Å². The first-order valence-electron chi connectivity index (χ1n) is 13.1. The smallest absolute Gasteiger partial charge is 0.270 e. The minimum atomic E-state index is -0.650. The van der Waals surface area contributed by atoms with Crippen LogP contribution in [0, 0.1) is 24.7 Å². The van der Waals surface area contributed by atoms with E-state index >= 15 is 0 Å². The summed E-state index contributed by atoms with van der Waals surface area (Å²) in [6.07, 6.45) is 10.9. The summed E-state index contributed by atoms with van der Waals surface area (Å²) in [5.41, 5.74) is 2.35. The Hall–Kier alpha value is -3.69. The Bertz CT molecular complexity index is 1330. The van der Waals surface area contributed by atoms with Gasteiger partial charge in [0.2, 0.25) is 5.91 Å². The predicted octanol–water partition coefficient (Wildman–Crippen LogP) is 3.44. The van der Waals surface area contributed by atoms with Gasteiger partial charge in [-0.05, 0) is 88.8 Å². The van der Waals surface area contributed by atoms with Crippen LogP contribution in [-0.2, 0) is 4.79 Å². The number of nitrogens with one attached hydrogen (secondary N) is 3. The van der Waals surface area contributed by atoms with Crippen LogP contribution in [0.5, 0.6) is 0 Å². The molecule has 196 valence electrons. The molecule has 2 aliphatic rings. The third-order valence-electron chi connectivity index (χ3n) is 7.47. The number of carbonyl (C=O) groups excluding carboxylic acids is 2. The molecule has 10 heteroatoms. The van der Waals surface area contributed by atoms with Crippen LogP contribution < -0.4 is 16.2 Å². The molecule has 0 aliphatic heterocycles. The maximum Gasteiger partial charge on any atom is 0.270 e. The zero-order chi connectivity index (χ0) is 26.3. The number of pyridine rings is 1. The highest BCUT2D eigenvalue weighted by Gasteiger charge is 2.48. The highest BCUT2D eigenvalue weighted by atomic mass is 16.2. The molecule has 0 aromatic carbocycles. The number of amides is 2. The summed E-state index contributed by atoms with van der Waals surface area (Å²) in [4.78, 5) is 42.0. The first kappa shape index (κ1) is 25.0. The largest absolute Gasteiger partial charge is 0.339 e. The minimum Gasteiger partial charge on any atom is -0.339 e. The van der Waals surface area contributed by atoms with Crippen molar-refractivity contribution in [2.24, 2.45) is 17.8 Å². The Morgan fingerprint density at radius 1 is 1.11 bits per heavy atom. The summed E-state index contributed by atoms with van der Waals surface area (Å²) in [5.74, 6) is 0.483. The number of aromatic nitrogens is 5. The van der Waals surface area contributed by atoms with E-state index in [1.807, 2.05) is 33.8 Å². The van der Waals surface area contributed by atoms with Gasteiger partial charge in [-0.25, -0.2) is 0 Å². The van der Waals surface area contributed by atoms with E-state index in [0.29, 0.717) is 28.8 Å². The normalized spacial score (nSPS) is 17.1. The van der Waals surface area contributed by atoms with Gasteiger partial charge in [-0.2, -0.15) is 10.2 Å². The predicted molar refractivity (Wildman–Crippen MR) is 139 cm³/mol. The number of hydrogen-bond acceptors (Lipinski definition) is 5. The molecule has 2 amide bonds. The lowest BCUT2D eigenvalue weighted by Gasteiger charge is -2.27. The number of hydrogen-bond donors (Lipinski definition) is 3. The van der Waals surface area contributed by atoms with Crippen LogP contribution in [0.4, 0.5) is 5.69 Å². The lowest BCUT2D eigenvalue weighted by Crippen LogP contribution is -2.50. The molecule has 2 fully saturated rings. The number of carbonyl (C=O) groups is 2. The molecule has 2 atom stereocenters. The van der Waals surface area contributed by atoms with Gasteiger partial charge in [-0.15, -0.1) is 0 Å². The zero-order valence-corrected chi connectivity index (χ0v) is 21.8. The number of anilines is 1. The van der Waals surface area contributed by atoms with Crippen molar-refractivity contribution in [2.45, 2.75) is 71.5 Å². The average Bonchev–Trinajstić information content (AvgIpc) is 3.78. The van der Waals surface area contributed by atoms with E-state index < -0.39 is 6.04 Å². The van der Waals surface area contributed by atoms with E-state index in [9.17, 15) is 14.4 Å². The molecule has 37 heavy (non-hydrogen) atoms. The Balaban J connectivity index is 1.36. The van der Waals surface area contributed by atoms with Crippen molar-refractivity contribution in [1.82, 2.24) is 29.9 Å². The van der Waals surface area contributed by atoms with Crippen molar-refractivity contribution in [3.63, 3.8) is 0 Å². The van der Waals surface area contributed by atoms with Crippen molar-refractivity contribution in [2.75, 3.05) is 5.32 Å². The van der Waals surface area contributed by atoms with Crippen molar-refractivity contribution in [1.29, 1.82) is 0 Å². The lowest BCUT2D eigenvalue weighted by molar-refractivity contribution is -0.119. The fourth-order valence-electron chi connectivity index (χ4n) is 5.25. The number of rotatable bonds is 10. The van der Waals surface area contributed by atoms with E-state index in [2.05, 4.69) is 25.8 Å². The van der Waals surface area contributed by atoms with E-state index in [1.54, 1.807) is 40.2 Å². The third-order valence-corrected chi connectivity index (χ3v) is 7.47. The van der Waals surface area contributed by atoms with Crippen molar-refractivity contribution >= 4 is 17.5 Å². The number of aryl methyl sites for hydroxylation is 1. The van der Waals surface area contributed by atoms with Gasteiger partial charge in [0.15, 0.2) is 0 Å². The van der Waals surface area contributed by atoms with Crippen LogP contribution in [0.15, 0.2) is 41.7 Å². The van der Waals surface area contributed by atoms with E-state index in [1.165, 1.54) is 0 Å².